The molecule has 0 bridgehead atoms. The van der Waals surface area contributed by atoms with Crippen molar-refractivity contribution in [2.24, 2.45) is 0 Å². The Labute approximate surface area is 163 Å². The second-order valence-corrected chi connectivity index (χ2v) is 6.90. The van der Waals surface area contributed by atoms with Gasteiger partial charge >= 0.3 is 5.97 Å². The molecular weight excluding hydrogens is 336 g/mol. The molecule has 0 aliphatic carbocycles. The van der Waals surface area contributed by atoms with Gasteiger partial charge in [0, 0.05) is 0 Å². The van der Waals surface area contributed by atoms with Crippen LogP contribution in [-0.2, 0) is 6.42 Å². The Hall–Kier alpha value is -2.29. The summed E-state index contributed by atoms with van der Waals surface area (Å²) in [4.78, 5) is 12.6. The number of carbonyl (C=O) groups is 1. The van der Waals surface area contributed by atoms with E-state index in [-0.39, 0.29) is 5.97 Å². The molecule has 0 amide bonds. The molecule has 2 rings (SSSR count). The van der Waals surface area contributed by atoms with Gasteiger partial charge in [0.15, 0.2) is 0 Å². The molecule has 0 aliphatic rings. The van der Waals surface area contributed by atoms with Crippen LogP contribution in [0.1, 0.15) is 74.7 Å². The number of benzene rings is 2. The Kier molecular flexibility index (Phi) is 9.47. The van der Waals surface area contributed by atoms with Crippen molar-refractivity contribution in [2.75, 3.05) is 6.61 Å². The third-order valence-electron chi connectivity index (χ3n) is 4.57. The lowest BCUT2D eigenvalue weighted by atomic mass is 10.1. The third-order valence-corrected chi connectivity index (χ3v) is 4.57. The summed E-state index contributed by atoms with van der Waals surface area (Å²) < 4.78 is 11.4. The predicted molar refractivity (Wildman–Crippen MR) is 111 cm³/mol. The van der Waals surface area contributed by atoms with Crippen LogP contribution < -0.4 is 9.47 Å². The van der Waals surface area contributed by atoms with E-state index in [0.717, 1.165) is 19.3 Å². The second kappa shape index (κ2) is 12.2. The number of hydrogen-bond acceptors (Lipinski definition) is 3. The van der Waals surface area contributed by atoms with Crippen molar-refractivity contribution in [3.63, 3.8) is 0 Å². The molecule has 0 aliphatic heterocycles. The standard InChI is InChI=1S/C24H32O3/c1-3-5-7-11-19-26-23-14-10-9-13-22(23)24(25)27-21-17-15-20(16-18-21)12-8-6-4-2/h9-10,13-18H,3-8,11-12,19H2,1-2H3. The van der Waals surface area contributed by atoms with Crippen LogP contribution >= 0.6 is 0 Å². The minimum atomic E-state index is -0.377. The maximum absolute atomic E-state index is 12.6. The van der Waals surface area contributed by atoms with Crippen molar-refractivity contribution in [1.82, 2.24) is 0 Å². The molecular formula is C24H32O3. The Morgan fingerprint density at radius 1 is 0.815 bits per heavy atom. The van der Waals surface area contributed by atoms with Crippen molar-refractivity contribution in [2.45, 2.75) is 65.2 Å². The maximum Gasteiger partial charge on any atom is 0.347 e. The number of hydrogen-bond donors (Lipinski definition) is 0. The molecule has 0 spiro atoms. The van der Waals surface area contributed by atoms with Gasteiger partial charge in [-0.1, -0.05) is 70.2 Å². The van der Waals surface area contributed by atoms with Crippen LogP contribution in [0.2, 0.25) is 0 Å². The van der Waals surface area contributed by atoms with E-state index >= 15 is 0 Å². The zero-order valence-corrected chi connectivity index (χ0v) is 16.7. The van der Waals surface area contributed by atoms with Gasteiger partial charge in [0.05, 0.1) is 6.61 Å². The summed E-state index contributed by atoms with van der Waals surface area (Å²) in [6, 6.07) is 15.1. The van der Waals surface area contributed by atoms with Crippen molar-refractivity contribution >= 4 is 5.97 Å². The molecule has 146 valence electrons. The first-order valence-electron chi connectivity index (χ1n) is 10.3. The quantitative estimate of drug-likeness (QED) is 0.240. The number of aryl methyl sites for hydroxylation is 1. The average Bonchev–Trinajstić information content (AvgIpc) is 2.69. The van der Waals surface area contributed by atoms with Gasteiger partial charge in [-0.15, -0.1) is 0 Å². The first kappa shape index (κ1) is 21.0. The number of unbranched alkanes of at least 4 members (excludes halogenated alkanes) is 5. The predicted octanol–water partition coefficient (Wildman–Crippen LogP) is 6.60. The van der Waals surface area contributed by atoms with Crippen LogP contribution in [0.25, 0.3) is 0 Å². The molecule has 2 aromatic carbocycles. The zero-order chi connectivity index (χ0) is 19.3. The molecule has 0 saturated heterocycles. The fourth-order valence-corrected chi connectivity index (χ4v) is 2.94. The summed E-state index contributed by atoms with van der Waals surface area (Å²) in [5.74, 6) is 0.782. The van der Waals surface area contributed by atoms with Gasteiger partial charge in [-0.25, -0.2) is 4.79 Å². The van der Waals surface area contributed by atoms with Crippen LogP contribution in [0.5, 0.6) is 11.5 Å². The fourth-order valence-electron chi connectivity index (χ4n) is 2.94. The highest BCUT2D eigenvalue weighted by atomic mass is 16.5. The van der Waals surface area contributed by atoms with E-state index < -0.39 is 0 Å². The van der Waals surface area contributed by atoms with Gasteiger partial charge in [-0.05, 0) is 49.1 Å². The van der Waals surface area contributed by atoms with E-state index in [0.29, 0.717) is 23.7 Å². The SMILES string of the molecule is CCCCCCOc1ccccc1C(=O)Oc1ccc(CCCCC)cc1. The van der Waals surface area contributed by atoms with Gasteiger partial charge < -0.3 is 9.47 Å². The molecule has 0 N–H and O–H groups in total. The van der Waals surface area contributed by atoms with Gasteiger partial charge in [-0.3, -0.25) is 0 Å². The topological polar surface area (TPSA) is 35.5 Å². The number of esters is 1. The fraction of sp³-hybridized carbons (Fsp3) is 0.458. The van der Waals surface area contributed by atoms with E-state index in [9.17, 15) is 4.79 Å². The molecule has 0 fully saturated rings. The van der Waals surface area contributed by atoms with E-state index in [1.807, 2.05) is 42.5 Å². The van der Waals surface area contributed by atoms with Gasteiger partial charge in [0.2, 0.25) is 0 Å². The number of carbonyl (C=O) groups excluding carboxylic acids is 1. The van der Waals surface area contributed by atoms with E-state index in [4.69, 9.17) is 9.47 Å². The molecule has 2 aromatic rings. The summed E-state index contributed by atoms with van der Waals surface area (Å²) in [5.41, 5.74) is 1.75. The molecule has 3 heteroatoms. The lowest BCUT2D eigenvalue weighted by Gasteiger charge is -2.11. The Morgan fingerprint density at radius 2 is 1.52 bits per heavy atom. The number of rotatable bonds is 12. The van der Waals surface area contributed by atoms with E-state index in [1.54, 1.807) is 6.07 Å². The largest absolute Gasteiger partial charge is 0.493 e. The van der Waals surface area contributed by atoms with Crippen LogP contribution in [0, 0.1) is 0 Å². The maximum atomic E-state index is 12.6. The highest BCUT2D eigenvalue weighted by Crippen LogP contribution is 2.22. The van der Waals surface area contributed by atoms with Crippen molar-refractivity contribution in [3.05, 3.63) is 59.7 Å². The Bertz CT molecular complexity index is 676. The van der Waals surface area contributed by atoms with Crippen LogP contribution in [0.4, 0.5) is 0 Å². The zero-order valence-electron chi connectivity index (χ0n) is 16.7. The molecule has 3 nitrogen and oxygen atoms in total. The average molecular weight is 369 g/mol. The molecule has 0 saturated carbocycles. The molecule has 0 heterocycles. The van der Waals surface area contributed by atoms with Crippen molar-refractivity contribution in [1.29, 1.82) is 0 Å². The normalized spacial score (nSPS) is 10.6. The highest BCUT2D eigenvalue weighted by molar-refractivity contribution is 5.93. The van der Waals surface area contributed by atoms with Crippen molar-refractivity contribution < 1.29 is 14.3 Å². The van der Waals surface area contributed by atoms with Crippen LogP contribution in [0.15, 0.2) is 48.5 Å². The monoisotopic (exact) mass is 368 g/mol. The summed E-state index contributed by atoms with van der Waals surface area (Å²) in [7, 11) is 0. The minimum Gasteiger partial charge on any atom is -0.493 e. The summed E-state index contributed by atoms with van der Waals surface area (Å²) in [6.07, 6.45) is 9.27. The first-order valence-corrected chi connectivity index (χ1v) is 10.3. The van der Waals surface area contributed by atoms with Gasteiger partial charge in [-0.2, -0.15) is 0 Å². The lowest BCUT2D eigenvalue weighted by Crippen LogP contribution is -2.11. The number of para-hydroxylation sites is 1. The molecule has 27 heavy (non-hydrogen) atoms. The van der Waals surface area contributed by atoms with E-state index in [1.165, 1.54) is 37.7 Å². The second-order valence-electron chi connectivity index (χ2n) is 6.90. The molecule has 0 aromatic heterocycles. The van der Waals surface area contributed by atoms with Gasteiger partial charge in [0.25, 0.3) is 0 Å². The summed E-state index contributed by atoms with van der Waals surface area (Å²) in [5, 5.41) is 0. The highest BCUT2D eigenvalue weighted by Gasteiger charge is 2.14. The smallest absolute Gasteiger partial charge is 0.347 e. The summed E-state index contributed by atoms with van der Waals surface area (Å²) >= 11 is 0. The van der Waals surface area contributed by atoms with Crippen LogP contribution in [-0.4, -0.2) is 12.6 Å². The lowest BCUT2D eigenvalue weighted by molar-refractivity contribution is 0.0730. The molecule has 0 atom stereocenters. The molecule has 0 radical (unpaired) electrons. The Balaban J connectivity index is 1.91. The van der Waals surface area contributed by atoms with Crippen LogP contribution in [0.3, 0.4) is 0 Å². The Morgan fingerprint density at radius 3 is 2.26 bits per heavy atom. The number of ether oxygens (including phenoxy) is 2. The van der Waals surface area contributed by atoms with E-state index in [2.05, 4.69) is 13.8 Å². The minimum absolute atomic E-state index is 0.377. The third kappa shape index (κ3) is 7.46. The first-order chi connectivity index (χ1) is 13.2. The van der Waals surface area contributed by atoms with Crippen molar-refractivity contribution in [3.8, 4) is 11.5 Å². The summed E-state index contributed by atoms with van der Waals surface area (Å²) in [6.45, 7) is 5.01. The van der Waals surface area contributed by atoms with Gasteiger partial charge in [0.1, 0.15) is 17.1 Å². The molecule has 0 unspecified atom stereocenters.